The lowest BCUT2D eigenvalue weighted by Gasteiger charge is -2.57. The third kappa shape index (κ3) is 4.82. The Hall–Kier alpha value is -2.11. The first-order valence-electron chi connectivity index (χ1n) is 14.1. The van der Waals surface area contributed by atoms with Crippen LogP contribution in [-0.2, 0) is 0 Å². The highest BCUT2D eigenvalue weighted by molar-refractivity contribution is 5.99. The van der Waals surface area contributed by atoms with Crippen LogP contribution in [0.4, 0.5) is 0 Å². The van der Waals surface area contributed by atoms with Gasteiger partial charge in [0.25, 0.3) is 11.8 Å². The smallest absolute Gasteiger partial charge is 0.259 e. The molecule has 5 aliphatic rings. The van der Waals surface area contributed by atoms with Gasteiger partial charge in [-0.25, -0.2) is 0 Å². The maximum atomic E-state index is 13.7. The molecule has 1 aromatic rings. The largest absolute Gasteiger partial charge is 0.350 e. The number of pyridine rings is 1. The summed E-state index contributed by atoms with van der Waals surface area (Å²) in [6.45, 7) is 6.25. The fraction of sp³-hybridized carbons (Fsp3) is 0.759. The average Bonchev–Trinajstić information content (AvgIpc) is 3.11. The van der Waals surface area contributed by atoms with E-state index in [-0.39, 0.29) is 34.4 Å². The Morgan fingerprint density at radius 2 is 1.51 bits per heavy atom. The van der Waals surface area contributed by atoms with Gasteiger partial charge in [-0.2, -0.15) is 0 Å². The number of carbonyl (C=O) groups excluding carboxylic acids is 2. The van der Waals surface area contributed by atoms with Gasteiger partial charge in [0.1, 0.15) is 11.1 Å². The molecule has 1 aliphatic heterocycles. The zero-order valence-corrected chi connectivity index (χ0v) is 21.9. The quantitative estimate of drug-likeness (QED) is 0.566. The summed E-state index contributed by atoms with van der Waals surface area (Å²) in [4.78, 5) is 44.4. The first-order chi connectivity index (χ1) is 16.8. The molecule has 0 unspecified atom stereocenters. The van der Waals surface area contributed by atoms with Gasteiger partial charge < -0.3 is 14.4 Å². The normalized spacial score (nSPS) is 30.7. The molecule has 0 aromatic carbocycles. The molecule has 6 heteroatoms. The topological polar surface area (TPSA) is 62.6 Å². The van der Waals surface area contributed by atoms with Crippen LogP contribution < -0.4 is 5.43 Å². The van der Waals surface area contributed by atoms with E-state index in [1.807, 2.05) is 16.5 Å². The van der Waals surface area contributed by atoms with Crippen LogP contribution in [0.15, 0.2) is 17.2 Å². The molecule has 4 bridgehead atoms. The van der Waals surface area contributed by atoms with Crippen molar-refractivity contribution >= 4 is 11.8 Å². The van der Waals surface area contributed by atoms with Crippen LogP contribution in [0.1, 0.15) is 111 Å². The van der Waals surface area contributed by atoms with Gasteiger partial charge in [0.2, 0.25) is 5.43 Å². The number of carbonyl (C=O) groups is 2. The van der Waals surface area contributed by atoms with Crippen molar-refractivity contribution in [1.82, 2.24) is 14.4 Å². The molecule has 4 saturated carbocycles. The Balaban J connectivity index is 1.42. The number of hydrogen-bond donors (Lipinski definition) is 0. The van der Waals surface area contributed by atoms with Gasteiger partial charge in [0.05, 0.1) is 0 Å². The number of likely N-dealkylation sites (tertiary alicyclic amines) is 1. The molecule has 6 nitrogen and oxygen atoms in total. The zero-order valence-electron chi connectivity index (χ0n) is 21.9. The van der Waals surface area contributed by atoms with Crippen LogP contribution in [0.3, 0.4) is 0 Å². The summed E-state index contributed by atoms with van der Waals surface area (Å²) in [5.41, 5.74) is 0.120. The molecule has 5 fully saturated rings. The molecule has 6 rings (SSSR count). The van der Waals surface area contributed by atoms with Gasteiger partial charge in [-0.1, -0.05) is 19.8 Å². The monoisotopic (exact) mass is 481 g/mol. The molecule has 192 valence electrons. The van der Waals surface area contributed by atoms with Crippen molar-refractivity contribution in [3.8, 4) is 0 Å². The Bertz CT molecular complexity index is 985. The Labute approximate surface area is 210 Å². The van der Waals surface area contributed by atoms with E-state index in [4.69, 9.17) is 0 Å². The fourth-order valence-electron chi connectivity index (χ4n) is 8.08. The number of hydrogen-bond acceptors (Lipinski definition) is 3. The van der Waals surface area contributed by atoms with Gasteiger partial charge in [-0.15, -0.1) is 0 Å². The van der Waals surface area contributed by atoms with Gasteiger partial charge in [-0.05, 0) is 87.9 Å². The Kier molecular flexibility index (Phi) is 6.84. The third-order valence-electron chi connectivity index (χ3n) is 9.58. The number of rotatable bonds is 6. The van der Waals surface area contributed by atoms with Crippen LogP contribution in [0.25, 0.3) is 0 Å². The van der Waals surface area contributed by atoms with Crippen LogP contribution in [0, 0.1) is 23.2 Å². The zero-order chi connectivity index (χ0) is 24.7. The lowest BCUT2D eigenvalue weighted by atomic mass is 9.49. The summed E-state index contributed by atoms with van der Waals surface area (Å²) in [5, 5.41) is 0. The van der Waals surface area contributed by atoms with E-state index in [2.05, 4.69) is 13.8 Å². The van der Waals surface area contributed by atoms with Crippen molar-refractivity contribution in [2.75, 3.05) is 26.7 Å². The summed E-state index contributed by atoms with van der Waals surface area (Å²) < 4.78 is 1.91. The second-order valence-electron chi connectivity index (χ2n) is 12.4. The van der Waals surface area contributed by atoms with Crippen molar-refractivity contribution in [2.24, 2.45) is 23.2 Å². The van der Waals surface area contributed by atoms with Crippen molar-refractivity contribution in [3.63, 3.8) is 0 Å². The summed E-state index contributed by atoms with van der Waals surface area (Å²) in [5.74, 6) is 2.02. The first kappa shape index (κ1) is 24.6. The number of aromatic nitrogens is 1. The van der Waals surface area contributed by atoms with E-state index in [1.165, 1.54) is 38.5 Å². The van der Waals surface area contributed by atoms with Crippen LogP contribution in [0.2, 0.25) is 0 Å². The molecule has 2 amide bonds. The molecule has 0 N–H and O–H groups in total. The lowest BCUT2D eigenvalue weighted by Crippen LogP contribution is -2.51. The second-order valence-corrected chi connectivity index (χ2v) is 12.4. The molecule has 2 heterocycles. The highest BCUT2D eigenvalue weighted by Gasteiger charge is 2.51. The maximum Gasteiger partial charge on any atom is 0.259 e. The van der Waals surface area contributed by atoms with Crippen molar-refractivity contribution in [2.45, 2.75) is 90.5 Å². The van der Waals surface area contributed by atoms with Crippen LogP contribution in [0.5, 0.6) is 0 Å². The van der Waals surface area contributed by atoms with E-state index in [0.717, 1.165) is 56.4 Å². The summed E-state index contributed by atoms with van der Waals surface area (Å²) in [6.07, 6.45) is 16.2. The van der Waals surface area contributed by atoms with E-state index in [9.17, 15) is 14.4 Å². The lowest BCUT2D eigenvalue weighted by molar-refractivity contribution is -0.0629. The molecule has 0 spiro atoms. The minimum atomic E-state index is -0.402. The summed E-state index contributed by atoms with van der Waals surface area (Å²) >= 11 is 0. The predicted octanol–water partition coefficient (Wildman–Crippen LogP) is 5.12. The molecule has 1 aromatic heterocycles. The minimum Gasteiger partial charge on any atom is -0.350 e. The maximum absolute atomic E-state index is 13.7. The summed E-state index contributed by atoms with van der Waals surface area (Å²) in [7, 11) is 1.86. The third-order valence-corrected chi connectivity index (χ3v) is 9.58. The SMILES string of the molecule is CC[C@@H](C)n1cc(C(=O)N(C)CC23CC4CC(CC(C4)C2)C3)c(=O)c(C(=O)N2CCCCCC2)c1. The van der Waals surface area contributed by atoms with E-state index in [1.54, 1.807) is 17.3 Å². The minimum absolute atomic E-state index is 0.103. The van der Waals surface area contributed by atoms with E-state index < -0.39 is 5.43 Å². The van der Waals surface area contributed by atoms with Gasteiger partial charge in [0.15, 0.2) is 0 Å². The number of amides is 2. The van der Waals surface area contributed by atoms with Gasteiger partial charge >= 0.3 is 0 Å². The predicted molar refractivity (Wildman–Crippen MR) is 138 cm³/mol. The van der Waals surface area contributed by atoms with Crippen LogP contribution >= 0.6 is 0 Å². The van der Waals surface area contributed by atoms with Crippen LogP contribution in [-0.4, -0.2) is 52.9 Å². The molecule has 1 atom stereocenters. The van der Waals surface area contributed by atoms with Gasteiger partial charge in [-0.3, -0.25) is 14.4 Å². The number of nitrogens with zero attached hydrogens (tertiary/aromatic N) is 3. The Morgan fingerprint density at radius 3 is 2.06 bits per heavy atom. The fourth-order valence-corrected chi connectivity index (χ4v) is 8.08. The van der Waals surface area contributed by atoms with Crippen molar-refractivity contribution in [3.05, 3.63) is 33.7 Å². The molecule has 1 saturated heterocycles. The molecule has 0 radical (unpaired) electrons. The summed E-state index contributed by atoms with van der Waals surface area (Å²) in [6, 6.07) is 0.103. The van der Waals surface area contributed by atoms with Crippen molar-refractivity contribution in [1.29, 1.82) is 0 Å². The standard InChI is InChI=1S/C29H43N3O3/c1-4-20(2)32-17-24(26(33)25(18-32)28(35)31-9-7-5-6-8-10-31)27(34)30(3)19-29-14-21-11-22(15-29)13-23(12-21)16-29/h17-18,20-23H,4-16,19H2,1-3H3/t20-,21?,22?,23?,29?/m1/s1. The second kappa shape index (κ2) is 9.74. The van der Waals surface area contributed by atoms with E-state index in [0.29, 0.717) is 13.1 Å². The molecular formula is C29H43N3O3. The molecular weight excluding hydrogens is 438 g/mol. The Morgan fingerprint density at radius 1 is 0.971 bits per heavy atom. The highest BCUT2D eigenvalue weighted by atomic mass is 16.2. The molecule has 35 heavy (non-hydrogen) atoms. The first-order valence-corrected chi connectivity index (χ1v) is 14.1. The molecule has 4 aliphatic carbocycles. The highest BCUT2D eigenvalue weighted by Crippen LogP contribution is 2.60. The van der Waals surface area contributed by atoms with Crippen molar-refractivity contribution < 1.29 is 9.59 Å². The van der Waals surface area contributed by atoms with E-state index >= 15 is 0 Å². The average molecular weight is 482 g/mol. The van der Waals surface area contributed by atoms with Gasteiger partial charge in [0, 0.05) is 45.1 Å².